The van der Waals surface area contributed by atoms with Gasteiger partial charge in [-0.1, -0.05) is 6.07 Å². The van der Waals surface area contributed by atoms with E-state index in [2.05, 4.69) is 22.6 Å². The van der Waals surface area contributed by atoms with Gasteiger partial charge in [0, 0.05) is 3.57 Å². The lowest BCUT2D eigenvalue weighted by molar-refractivity contribution is -0.136. The molecule has 0 aromatic heterocycles. The van der Waals surface area contributed by atoms with Crippen molar-refractivity contribution in [2.75, 3.05) is 7.11 Å². The van der Waals surface area contributed by atoms with E-state index < -0.39 is 5.97 Å². The average molecular weight is 342 g/mol. The molecule has 4 heteroatoms. The number of benzene rings is 2. The maximum atomic E-state index is 10.7. The molecule has 0 radical (unpaired) electrons. The first-order valence-corrected chi connectivity index (χ1v) is 6.16. The fourth-order valence-corrected chi connectivity index (χ4v) is 2.40. The lowest BCUT2D eigenvalue weighted by atomic mass is 10.0. The van der Waals surface area contributed by atoms with Gasteiger partial charge in [-0.25, -0.2) is 0 Å². The molecule has 0 fully saturated rings. The number of carboxylic acid groups (broad SMARTS) is 1. The highest BCUT2D eigenvalue weighted by molar-refractivity contribution is 14.1. The number of carboxylic acids is 1. The van der Waals surface area contributed by atoms with Crippen molar-refractivity contribution in [1.29, 1.82) is 0 Å². The van der Waals surface area contributed by atoms with Crippen molar-refractivity contribution in [2.24, 2.45) is 0 Å². The second-order valence-corrected chi connectivity index (χ2v) is 4.89. The molecule has 0 spiro atoms. The number of rotatable bonds is 3. The van der Waals surface area contributed by atoms with Gasteiger partial charge in [0.2, 0.25) is 0 Å². The third kappa shape index (κ3) is 2.69. The maximum Gasteiger partial charge on any atom is 0.307 e. The van der Waals surface area contributed by atoms with Crippen LogP contribution in [0.2, 0.25) is 0 Å². The van der Waals surface area contributed by atoms with Crippen LogP contribution in [0.15, 0.2) is 30.3 Å². The van der Waals surface area contributed by atoms with Crippen LogP contribution in [0.1, 0.15) is 5.56 Å². The zero-order valence-electron chi connectivity index (χ0n) is 9.24. The van der Waals surface area contributed by atoms with Crippen molar-refractivity contribution in [1.82, 2.24) is 0 Å². The fourth-order valence-electron chi connectivity index (χ4n) is 1.72. The molecule has 0 aliphatic rings. The molecule has 1 N–H and O–H groups in total. The summed E-state index contributed by atoms with van der Waals surface area (Å²) < 4.78 is 6.12. The van der Waals surface area contributed by atoms with E-state index in [-0.39, 0.29) is 6.42 Å². The number of fused-ring (bicyclic) bond motifs is 1. The van der Waals surface area contributed by atoms with E-state index in [4.69, 9.17) is 9.84 Å². The van der Waals surface area contributed by atoms with E-state index in [9.17, 15) is 4.79 Å². The maximum absolute atomic E-state index is 10.7. The number of carbonyl (C=O) groups is 1. The van der Waals surface area contributed by atoms with Crippen LogP contribution < -0.4 is 4.74 Å². The van der Waals surface area contributed by atoms with Crippen LogP contribution in [0, 0.1) is 3.57 Å². The second-order valence-electron chi connectivity index (χ2n) is 3.73. The van der Waals surface area contributed by atoms with Gasteiger partial charge in [-0.3, -0.25) is 4.79 Å². The molecule has 0 amide bonds. The van der Waals surface area contributed by atoms with Gasteiger partial charge in [0.05, 0.1) is 13.5 Å². The van der Waals surface area contributed by atoms with Crippen LogP contribution in [0.4, 0.5) is 0 Å². The van der Waals surface area contributed by atoms with Gasteiger partial charge >= 0.3 is 5.97 Å². The van der Waals surface area contributed by atoms with Crippen LogP contribution in [0.25, 0.3) is 10.8 Å². The average Bonchev–Trinajstić information content (AvgIpc) is 2.29. The first kappa shape index (κ1) is 12.2. The topological polar surface area (TPSA) is 46.5 Å². The van der Waals surface area contributed by atoms with E-state index in [1.54, 1.807) is 7.11 Å². The Morgan fingerprint density at radius 3 is 2.71 bits per heavy atom. The predicted octanol–water partition coefficient (Wildman–Crippen LogP) is 3.08. The molecular formula is C13H11IO3. The van der Waals surface area contributed by atoms with Crippen LogP contribution in [-0.4, -0.2) is 18.2 Å². The van der Waals surface area contributed by atoms with Gasteiger partial charge in [0.1, 0.15) is 5.75 Å². The lowest BCUT2D eigenvalue weighted by Gasteiger charge is -2.07. The summed E-state index contributed by atoms with van der Waals surface area (Å²) in [5.74, 6) is -0.00457. The van der Waals surface area contributed by atoms with Crippen molar-refractivity contribution in [3.63, 3.8) is 0 Å². The minimum absolute atomic E-state index is 0.0558. The summed E-state index contributed by atoms with van der Waals surface area (Å²) in [6.07, 6.45) is 0.0558. The van der Waals surface area contributed by atoms with Crippen molar-refractivity contribution < 1.29 is 14.6 Å². The molecule has 2 aromatic carbocycles. The van der Waals surface area contributed by atoms with Gasteiger partial charge in [-0.15, -0.1) is 0 Å². The zero-order chi connectivity index (χ0) is 12.4. The molecule has 17 heavy (non-hydrogen) atoms. The summed E-state index contributed by atoms with van der Waals surface area (Å²) in [6, 6.07) is 9.67. The number of halogens is 1. The van der Waals surface area contributed by atoms with Crippen molar-refractivity contribution in [3.05, 3.63) is 39.5 Å². The highest BCUT2D eigenvalue weighted by Crippen LogP contribution is 2.25. The number of aliphatic carboxylic acids is 1. The smallest absolute Gasteiger partial charge is 0.307 e. The van der Waals surface area contributed by atoms with Crippen LogP contribution in [0.5, 0.6) is 5.75 Å². The molecule has 0 unspecified atom stereocenters. The van der Waals surface area contributed by atoms with E-state index in [1.807, 2.05) is 30.3 Å². The summed E-state index contributed by atoms with van der Waals surface area (Å²) >= 11 is 2.16. The molecule has 0 heterocycles. The van der Waals surface area contributed by atoms with Crippen LogP contribution in [-0.2, 0) is 11.2 Å². The number of methoxy groups -OCH3 is 1. The third-order valence-corrected chi connectivity index (χ3v) is 3.56. The summed E-state index contributed by atoms with van der Waals surface area (Å²) in [5, 5.41) is 10.9. The molecule has 0 saturated heterocycles. The highest BCUT2D eigenvalue weighted by Gasteiger charge is 2.07. The molecule has 2 rings (SSSR count). The minimum atomic E-state index is -0.809. The van der Waals surface area contributed by atoms with Gasteiger partial charge in [0.25, 0.3) is 0 Å². The van der Waals surface area contributed by atoms with E-state index >= 15 is 0 Å². The van der Waals surface area contributed by atoms with Gasteiger partial charge in [-0.05, 0) is 63.2 Å². The standard InChI is InChI=1S/C13H11IO3/c1-17-11-3-2-8-4-10(7-13(15)16)12(14)6-9(8)5-11/h2-6H,7H2,1H3,(H,15,16). The Bertz CT molecular complexity index is 578. The number of hydrogen-bond donors (Lipinski definition) is 1. The largest absolute Gasteiger partial charge is 0.497 e. The molecule has 2 aromatic rings. The third-order valence-electron chi connectivity index (χ3n) is 2.55. The predicted molar refractivity (Wildman–Crippen MR) is 74.6 cm³/mol. The molecule has 0 saturated carbocycles. The molecule has 0 bridgehead atoms. The first-order valence-electron chi connectivity index (χ1n) is 5.08. The van der Waals surface area contributed by atoms with Crippen LogP contribution >= 0.6 is 22.6 Å². The Labute approximate surface area is 113 Å². The molecule has 3 nitrogen and oxygen atoms in total. The fraction of sp³-hybridized carbons (Fsp3) is 0.154. The summed E-state index contributed by atoms with van der Waals surface area (Å²) in [6.45, 7) is 0. The Morgan fingerprint density at radius 1 is 1.29 bits per heavy atom. The summed E-state index contributed by atoms with van der Waals surface area (Å²) in [7, 11) is 1.63. The Balaban J connectivity index is 2.54. The Hall–Kier alpha value is -1.30. The quantitative estimate of drug-likeness (QED) is 0.872. The van der Waals surface area contributed by atoms with Crippen LogP contribution in [0.3, 0.4) is 0 Å². The molecule has 88 valence electrons. The monoisotopic (exact) mass is 342 g/mol. The van der Waals surface area contributed by atoms with E-state index in [1.165, 1.54) is 0 Å². The van der Waals surface area contributed by atoms with E-state index in [0.717, 1.165) is 25.7 Å². The molecule has 0 aliphatic carbocycles. The number of hydrogen-bond acceptors (Lipinski definition) is 2. The lowest BCUT2D eigenvalue weighted by Crippen LogP contribution is -2.01. The summed E-state index contributed by atoms with van der Waals surface area (Å²) in [4.78, 5) is 10.7. The number of ether oxygens (including phenoxy) is 1. The zero-order valence-corrected chi connectivity index (χ0v) is 11.4. The van der Waals surface area contributed by atoms with Crippen molar-refractivity contribution in [2.45, 2.75) is 6.42 Å². The second kappa shape index (κ2) is 4.91. The Morgan fingerprint density at radius 2 is 2.06 bits per heavy atom. The highest BCUT2D eigenvalue weighted by atomic mass is 127. The Kier molecular flexibility index (Phi) is 3.51. The van der Waals surface area contributed by atoms with Crippen molar-refractivity contribution >= 4 is 39.3 Å². The van der Waals surface area contributed by atoms with Gasteiger partial charge in [0.15, 0.2) is 0 Å². The normalized spacial score (nSPS) is 10.5. The SMILES string of the molecule is COc1ccc2cc(CC(=O)O)c(I)cc2c1. The first-order chi connectivity index (χ1) is 8.10. The molecule has 0 aliphatic heterocycles. The minimum Gasteiger partial charge on any atom is -0.497 e. The van der Waals surface area contributed by atoms with E-state index in [0.29, 0.717) is 0 Å². The molecule has 0 atom stereocenters. The van der Waals surface area contributed by atoms with Gasteiger partial charge in [-0.2, -0.15) is 0 Å². The molecular weight excluding hydrogens is 331 g/mol. The van der Waals surface area contributed by atoms with Crippen molar-refractivity contribution in [3.8, 4) is 5.75 Å². The summed E-state index contributed by atoms with van der Waals surface area (Å²) in [5.41, 5.74) is 0.843. The van der Waals surface area contributed by atoms with Gasteiger partial charge < -0.3 is 9.84 Å².